The van der Waals surface area contributed by atoms with Crippen molar-refractivity contribution in [2.24, 2.45) is 0 Å². The van der Waals surface area contributed by atoms with Gasteiger partial charge >= 0.3 is 0 Å². The monoisotopic (exact) mass is 227 g/mol. The zero-order chi connectivity index (χ0) is 10.5. The van der Waals surface area contributed by atoms with Crippen LogP contribution in [0.2, 0.25) is 0 Å². The molecule has 3 nitrogen and oxygen atoms in total. The highest BCUT2D eigenvalue weighted by Crippen LogP contribution is 2.21. The molecule has 1 aliphatic heterocycles. The molecule has 2 rings (SSSR count). The summed E-state index contributed by atoms with van der Waals surface area (Å²) in [5, 5.41) is 12.7. The fraction of sp³-hybridized carbons (Fsp3) is 0.636. The first-order valence-corrected chi connectivity index (χ1v) is 6.53. The molecule has 4 heteroatoms. The maximum Gasteiger partial charge on any atom is 0.123 e. The van der Waals surface area contributed by atoms with Gasteiger partial charge in [0.2, 0.25) is 0 Å². The predicted molar refractivity (Wildman–Crippen MR) is 62.0 cm³/mol. The lowest BCUT2D eigenvalue weighted by Gasteiger charge is -2.26. The van der Waals surface area contributed by atoms with Gasteiger partial charge in [-0.25, -0.2) is 0 Å². The first kappa shape index (κ1) is 11.0. The van der Waals surface area contributed by atoms with E-state index < -0.39 is 0 Å². The third-order valence-corrected chi connectivity index (χ3v) is 3.88. The minimum absolute atomic E-state index is 0.0521. The number of aliphatic hydroxyl groups is 1. The van der Waals surface area contributed by atoms with Crippen LogP contribution in [0.25, 0.3) is 0 Å². The Balaban J connectivity index is 1.90. The summed E-state index contributed by atoms with van der Waals surface area (Å²) in [6.45, 7) is 0.0919. The minimum Gasteiger partial charge on any atom is -0.468 e. The van der Waals surface area contributed by atoms with Crippen LogP contribution in [0.15, 0.2) is 22.8 Å². The maximum absolute atomic E-state index is 9.30. The molecule has 0 radical (unpaired) electrons. The van der Waals surface area contributed by atoms with Crippen molar-refractivity contribution < 1.29 is 9.52 Å². The molecule has 0 amide bonds. The standard InChI is InChI=1S/C11H17NO2S/c13-7-10(11-4-1-5-14-11)12-9-3-2-6-15-8-9/h1,4-5,9-10,12-13H,2-3,6-8H2. The predicted octanol–water partition coefficient (Wildman–Crippen LogP) is 1.80. The number of aliphatic hydroxyl groups excluding tert-OH is 1. The molecule has 0 aliphatic carbocycles. The average Bonchev–Trinajstić information content (AvgIpc) is 2.81. The average molecular weight is 227 g/mol. The molecule has 2 N–H and O–H groups in total. The van der Waals surface area contributed by atoms with Crippen LogP contribution in [0.4, 0.5) is 0 Å². The van der Waals surface area contributed by atoms with Crippen LogP contribution in [0, 0.1) is 0 Å². The van der Waals surface area contributed by atoms with E-state index >= 15 is 0 Å². The third kappa shape index (κ3) is 3.00. The SMILES string of the molecule is OCC(NC1CCCSC1)c1ccco1. The molecule has 2 atom stereocenters. The number of nitrogens with one attached hydrogen (secondary N) is 1. The van der Waals surface area contributed by atoms with Gasteiger partial charge in [-0.05, 0) is 30.7 Å². The summed E-state index contributed by atoms with van der Waals surface area (Å²) in [5.41, 5.74) is 0. The highest BCUT2D eigenvalue weighted by atomic mass is 32.2. The van der Waals surface area contributed by atoms with E-state index in [1.54, 1.807) is 6.26 Å². The van der Waals surface area contributed by atoms with Crippen molar-refractivity contribution in [2.75, 3.05) is 18.1 Å². The van der Waals surface area contributed by atoms with Gasteiger partial charge in [0.25, 0.3) is 0 Å². The summed E-state index contributed by atoms with van der Waals surface area (Å²) >= 11 is 1.98. The zero-order valence-electron chi connectivity index (χ0n) is 8.69. The molecule has 0 spiro atoms. The Hall–Kier alpha value is -0.450. The van der Waals surface area contributed by atoms with Crippen LogP contribution in [0.3, 0.4) is 0 Å². The molecule has 2 heterocycles. The lowest BCUT2D eigenvalue weighted by molar-refractivity contribution is 0.215. The number of rotatable bonds is 4. The Bertz CT molecular complexity index is 270. The maximum atomic E-state index is 9.30. The van der Waals surface area contributed by atoms with Gasteiger partial charge in [-0.3, -0.25) is 0 Å². The Morgan fingerprint density at radius 1 is 1.67 bits per heavy atom. The highest BCUT2D eigenvalue weighted by molar-refractivity contribution is 7.99. The second kappa shape index (κ2) is 5.58. The molecule has 0 bridgehead atoms. The summed E-state index contributed by atoms with van der Waals surface area (Å²) in [5.74, 6) is 3.23. The van der Waals surface area contributed by atoms with Gasteiger partial charge in [0.05, 0.1) is 18.9 Å². The van der Waals surface area contributed by atoms with E-state index in [2.05, 4.69) is 5.32 Å². The minimum atomic E-state index is -0.0521. The van der Waals surface area contributed by atoms with E-state index in [1.807, 2.05) is 23.9 Å². The molecule has 2 unspecified atom stereocenters. The second-order valence-corrected chi connectivity index (χ2v) is 4.98. The van der Waals surface area contributed by atoms with Crippen molar-refractivity contribution in [3.63, 3.8) is 0 Å². The molecule has 84 valence electrons. The quantitative estimate of drug-likeness (QED) is 0.823. The Morgan fingerprint density at radius 3 is 3.20 bits per heavy atom. The summed E-state index contributed by atoms with van der Waals surface area (Å²) in [4.78, 5) is 0. The molecule has 1 saturated heterocycles. The Morgan fingerprint density at radius 2 is 2.60 bits per heavy atom. The normalized spacial score (nSPS) is 23.9. The van der Waals surface area contributed by atoms with Crippen molar-refractivity contribution in [1.29, 1.82) is 0 Å². The van der Waals surface area contributed by atoms with E-state index in [4.69, 9.17) is 4.42 Å². The van der Waals surface area contributed by atoms with E-state index in [0.717, 1.165) is 11.5 Å². The molecule has 0 aromatic carbocycles. The summed E-state index contributed by atoms with van der Waals surface area (Å²) in [7, 11) is 0. The van der Waals surface area contributed by atoms with Gasteiger partial charge in [-0.1, -0.05) is 0 Å². The van der Waals surface area contributed by atoms with Gasteiger partial charge in [0.15, 0.2) is 0 Å². The first-order valence-electron chi connectivity index (χ1n) is 5.38. The largest absolute Gasteiger partial charge is 0.468 e. The van der Waals surface area contributed by atoms with E-state index in [0.29, 0.717) is 6.04 Å². The number of thioether (sulfide) groups is 1. The number of furan rings is 1. The van der Waals surface area contributed by atoms with Crippen LogP contribution in [-0.2, 0) is 0 Å². The molecule has 15 heavy (non-hydrogen) atoms. The fourth-order valence-electron chi connectivity index (χ4n) is 1.87. The third-order valence-electron chi connectivity index (χ3n) is 2.67. The molecular weight excluding hydrogens is 210 g/mol. The Kier molecular flexibility index (Phi) is 4.11. The second-order valence-electron chi connectivity index (χ2n) is 3.83. The summed E-state index contributed by atoms with van der Waals surface area (Å²) in [6.07, 6.45) is 4.11. The molecular formula is C11H17NO2S. The van der Waals surface area contributed by atoms with E-state index in [1.165, 1.54) is 18.6 Å². The first-order chi connectivity index (χ1) is 7.40. The lowest BCUT2D eigenvalue weighted by atomic mass is 10.1. The lowest BCUT2D eigenvalue weighted by Crippen LogP contribution is -2.38. The van der Waals surface area contributed by atoms with Crippen LogP contribution in [0.5, 0.6) is 0 Å². The summed E-state index contributed by atoms with van der Waals surface area (Å²) < 4.78 is 5.30. The van der Waals surface area contributed by atoms with E-state index in [9.17, 15) is 5.11 Å². The van der Waals surface area contributed by atoms with Crippen LogP contribution >= 0.6 is 11.8 Å². The number of hydrogen-bond acceptors (Lipinski definition) is 4. The van der Waals surface area contributed by atoms with Crippen LogP contribution in [-0.4, -0.2) is 29.3 Å². The molecule has 1 aliphatic rings. The topological polar surface area (TPSA) is 45.4 Å². The van der Waals surface area contributed by atoms with E-state index in [-0.39, 0.29) is 12.6 Å². The highest BCUT2D eigenvalue weighted by Gasteiger charge is 2.20. The molecule has 1 fully saturated rings. The molecule has 1 aromatic heterocycles. The van der Waals surface area contributed by atoms with Crippen LogP contribution in [0.1, 0.15) is 24.6 Å². The van der Waals surface area contributed by atoms with Crippen molar-refractivity contribution in [3.05, 3.63) is 24.2 Å². The van der Waals surface area contributed by atoms with Crippen LogP contribution < -0.4 is 5.32 Å². The van der Waals surface area contributed by atoms with Crippen molar-refractivity contribution in [1.82, 2.24) is 5.32 Å². The van der Waals surface area contributed by atoms with Gasteiger partial charge < -0.3 is 14.8 Å². The van der Waals surface area contributed by atoms with Gasteiger partial charge in [0, 0.05) is 11.8 Å². The zero-order valence-corrected chi connectivity index (χ0v) is 9.50. The Labute approximate surface area is 94.2 Å². The summed E-state index contributed by atoms with van der Waals surface area (Å²) in [6, 6.07) is 4.22. The smallest absolute Gasteiger partial charge is 0.123 e. The van der Waals surface area contributed by atoms with Gasteiger partial charge in [0.1, 0.15) is 5.76 Å². The molecule has 1 aromatic rings. The fourth-order valence-corrected chi connectivity index (χ4v) is 2.96. The van der Waals surface area contributed by atoms with Crippen molar-refractivity contribution in [3.8, 4) is 0 Å². The van der Waals surface area contributed by atoms with Gasteiger partial charge in [-0.2, -0.15) is 11.8 Å². The van der Waals surface area contributed by atoms with Crippen molar-refractivity contribution in [2.45, 2.75) is 24.9 Å². The molecule has 0 saturated carbocycles. The van der Waals surface area contributed by atoms with Crippen molar-refractivity contribution >= 4 is 11.8 Å². The van der Waals surface area contributed by atoms with Gasteiger partial charge in [-0.15, -0.1) is 0 Å². The number of hydrogen-bond donors (Lipinski definition) is 2.